The van der Waals surface area contributed by atoms with E-state index < -0.39 is 11.8 Å². The smallest absolute Gasteiger partial charge is 0.262 e. The fourth-order valence-electron chi connectivity index (χ4n) is 1.72. The first kappa shape index (κ1) is 16.7. The fourth-order valence-corrected chi connectivity index (χ4v) is 2.14. The molecule has 0 aromatic heterocycles. The van der Waals surface area contributed by atoms with Gasteiger partial charge in [0, 0.05) is 16.6 Å². The number of halogens is 1. The molecule has 0 aliphatic heterocycles. The van der Waals surface area contributed by atoms with Gasteiger partial charge in [0.15, 0.2) is 0 Å². The Morgan fingerprint density at radius 2 is 1.35 bits per heavy atom. The summed E-state index contributed by atoms with van der Waals surface area (Å²) in [6.07, 6.45) is 6.03. The third-order valence-corrected chi connectivity index (χ3v) is 3.30. The highest BCUT2D eigenvalue weighted by Crippen LogP contribution is 2.12. The molecule has 0 bridgehead atoms. The van der Waals surface area contributed by atoms with Gasteiger partial charge >= 0.3 is 0 Å². The lowest BCUT2D eigenvalue weighted by Crippen LogP contribution is -2.39. The molecule has 0 fully saturated rings. The van der Waals surface area contributed by atoms with Crippen molar-refractivity contribution in [2.24, 2.45) is 0 Å². The van der Waals surface area contributed by atoms with Crippen LogP contribution in [0.5, 0.6) is 0 Å². The highest BCUT2D eigenvalue weighted by Gasteiger charge is 1.98. The summed E-state index contributed by atoms with van der Waals surface area (Å²) >= 11 is 3.36. The molecule has 2 rings (SSSR count). The molecule has 2 N–H and O–H groups in total. The van der Waals surface area contributed by atoms with Gasteiger partial charge in [-0.2, -0.15) is 0 Å². The van der Waals surface area contributed by atoms with Gasteiger partial charge in [0.1, 0.15) is 0 Å². The largest absolute Gasteiger partial charge is 0.268 e. The van der Waals surface area contributed by atoms with Crippen molar-refractivity contribution in [1.29, 1.82) is 0 Å². The molecule has 0 unspecified atom stereocenters. The van der Waals surface area contributed by atoms with Crippen LogP contribution in [0.1, 0.15) is 11.1 Å². The summed E-state index contributed by atoms with van der Waals surface area (Å²) in [5.41, 5.74) is 6.42. The zero-order chi connectivity index (χ0) is 16.5. The molecule has 0 atom stereocenters. The minimum Gasteiger partial charge on any atom is -0.268 e. The monoisotopic (exact) mass is 370 g/mol. The van der Waals surface area contributed by atoms with Crippen LogP contribution in [0.25, 0.3) is 12.2 Å². The molecule has 116 valence electrons. The highest BCUT2D eigenvalue weighted by molar-refractivity contribution is 9.10. The first-order valence-corrected chi connectivity index (χ1v) is 7.69. The molecule has 5 heteroatoms. The average Bonchev–Trinajstić information content (AvgIpc) is 2.57. The van der Waals surface area contributed by atoms with Crippen molar-refractivity contribution in [2.75, 3.05) is 0 Å². The van der Waals surface area contributed by atoms with Crippen LogP contribution in [0.3, 0.4) is 0 Å². The topological polar surface area (TPSA) is 58.2 Å². The molecule has 2 aromatic carbocycles. The molecule has 4 nitrogen and oxygen atoms in total. The van der Waals surface area contributed by atoms with E-state index in [-0.39, 0.29) is 0 Å². The van der Waals surface area contributed by atoms with Gasteiger partial charge in [-0.25, -0.2) is 0 Å². The summed E-state index contributed by atoms with van der Waals surface area (Å²) in [4.78, 5) is 23.2. The van der Waals surface area contributed by atoms with Gasteiger partial charge in [-0.3, -0.25) is 20.4 Å². The molecule has 2 aromatic rings. The van der Waals surface area contributed by atoms with Gasteiger partial charge in [-0.1, -0.05) is 58.4 Å². The first-order valence-electron chi connectivity index (χ1n) is 6.90. The molecular formula is C18H15BrN2O2. The maximum Gasteiger partial charge on any atom is 0.262 e. The van der Waals surface area contributed by atoms with Crippen LogP contribution < -0.4 is 10.9 Å². The average molecular weight is 371 g/mol. The molecule has 0 spiro atoms. The standard InChI is InChI=1S/C18H15BrN2O2/c19-16-8-4-7-15(13-16)10-12-18(23)21-20-17(22)11-9-14-5-2-1-3-6-14/h1-13H,(H,20,22)(H,21,23)/b11-9?,12-10+. The lowest BCUT2D eigenvalue weighted by molar-refractivity contribution is -0.123. The van der Waals surface area contributed by atoms with E-state index in [1.807, 2.05) is 54.6 Å². The molecule has 2 amide bonds. The van der Waals surface area contributed by atoms with Crippen LogP contribution in [0.4, 0.5) is 0 Å². The van der Waals surface area contributed by atoms with Crippen LogP contribution >= 0.6 is 15.9 Å². The maximum atomic E-state index is 11.6. The predicted octanol–water partition coefficient (Wildman–Crippen LogP) is 3.32. The fraction of sp³-hybridized carbons (Fsp3) is 0. The maximum absolute atomic E-state index is 11.6. The highest BCUT2D eigenvalue weighted by atomic mass is 79.9. The van der Waals surface area contributed by atoms with E-state index in [1.165, 1.54) is 12.2 Å². The number of rotatable bonds is 4. The number of hydrogen-bond acceptors (Lipinski definition) is 2. The third kappa shape index (κ3) is 6.32. The van der Waals surface area contributed by atoms with Gasteiger partial charge in [0.05, 0.1) is 0 Å². The van der Waals surface area contributed by atoms with Crippen molar-refractivity contribution in [3.05, 3.63) is 82.3 Å². The van der Waals surface area contributed by atoms with Gasteiger partial charge in [0.25, 0.3) is 11.8 Å². The van der Waals surface area contributed by atoms with E-state index in [9.17, 15) is 9.59 Å². The van der Waals surface area contributed by atoms with Gasteiger partial charge in [-0.15, -0.1) is 0 Å². The molecule has 0 saturated heterocycles. The Balaban J connectivity index is 1.80. The van der Waals surface area contributed by atoms with E-state index in [1.54, 1.807) is 12.2 Å². The molecule has 23 heavy (non-hydrogen) atoms. The zero-order valence-electron chi connectivity index (χ0n) is 12.2. The summed E-state index contributed by atoms with van der Waals surface area (Å²) < 4.78 is 0.930. The second kappa shape index (κ2) is 8.70. The van der Waals surface area contributed by atoms with Crippen molar-refractivity contribution in [3.63, 3.8) is 0 Å². The predicted molar refractivity (Wildman–Crippen MR) is 94.9 cm³/mol. The van der Waals surface area contributed by atoms with Crippen LogP contribution in [0.2, 0.25) is 0 Å². The summed E-state index contributed by atoms with van der Waals surface area (Å²) in [6.45, 7) is 0. The van der Waals surface area contributed by atoms with Crippen LogP contribution in [0, 0.1) is 0 Å². The van der Waals surface area contributed by atoms with E-state index >= 15 is 0 Å². The molecule has 0 heterocycles. The molecule has 0 radical (unpaired) electrons. The lowest BCUT2D eigenvalue weighted by atomic mass is 10.2. The molecule has 0 aliphatic rings. The van der Waals surface area contributed by atoms with Crippen LogP contribution in [-0.4, -0.2) is 11.8 Å². The second-order valence-electron chi connectivity index (χ2n) is 4.61. The number of hydrogen-bond donors (Lipinski definition) is 2. The van der Waals surface area contributed by atoms with Crippen molar-refractivity contribution >= 4 is 39.9 Å². The first-order chi connectivity index (χ1) is 11.1. The Bertz CT molecular complexity index is 740. The number of amides is 2. The van der Waals surface area contributed by atoms with Gasteiger partial charge in [-0.05, 0) is 35.4 Å². The van der Waals surface area contributed by atoms with E-state index in [4.69, 9.17) is 0 Å². The Morgan fingerprint density at radius 1 is 0.783 bits per heavy atom. The minimum atomic E-state index is -0.411. The zero-order valence-corrected chi connectivity index (χ0v) is 13.8. The van der Waals surface area contributed by atoms with Gasteiger partial charge < -0.3 is 0 Å². The van der Waals surface area contributed by atoms with Crippen LogP contribution in [0.15, 0.2) is 71.2 Å². The quantitative estimate of drug-likeness (QED) is 0.640. The Labute approximate surface area is 143 Å². The van der Waals surface area contributed by atoms with Gasteiger partial charge in [0.2, 0.25) is 0 Å². The Kier molecular flexibility index (Phi) is 6.32. The van der Waals surface area contributed by atoms with E-state index in [0.717, 1.165) is 15.6 Å². The van der Waals surface area contributed by atoms with E-state index in [0.29, 0.717) is 0 Å². The Hall–Kier alpha value is -2.66. The van der Waals surface area contributed by atoms with Crippen LogP contribution in [-0.2, 0) is 9.59 Å². The normalized spacial score (nSPS) is 10.8. The van der Waals surface area contributed by atoms with Crippen molar-refractivity contribution in [2.45, 2.75) is 0 Å². The number of carbonyl (C=O) groups excluding carboxylic acids is 2. The number of carbonyl (C=O) groups is 2. The minimum absolute atomic E-state index is 0.405. The lowest BCUT2D eigenvalue weighted by Gasteiger charge is -2.01. The summed E-state index contributed by atoms with van der Waals surface area (Å²) in [7, 11) is 0. The summed E-state index contributed by atoms with van der Waals surface area (Å²) in [6, 6.07) is 16.9. The van der Waals surface area contributed by atoms with Crippen molar-refractivity contribution in [3.8, 4) is 0 Å². The summed E-state index contributed by atoms with van der Waals surface area (Å²) in [5.74, 6) is -0.815. The molecule has 0 saturated carbocycles. The SMILES string of the molecule is O=C(C=Cc1ccccc1)NNC(=O)/C=C/c1cccc(Br)c1. The number of benzene rings is 2. The number of hydrazine groups is 1. The second-order valence-corrected chi connectivity index (χ2v) is 5.53. The molecular weight excluding hydrogens is 356 g/mol. The van der Waals surface area contributed by atoms with Crippen molar-refractivity contribution in [1.82, 2.24) is 10.9 Å². The Morgan fingerprint density at radius 3 is 1.96 bits per heavy atom. The van der Waals surface area contributed by atoms with E-state index in [2.05, 4.69) is 26.8 Å². The number of nitrogens with one attached hydrogen (secondary N) is 2. The van der Waals surface area contributed by atoms with Crippen molar-refractivity contribution < 1.29 is 9.59 Å². The summed E-state index contributed by atoms with van der Waals surface area (Å²) in [5, 5.41) is 0. The third-order valence-electron chi connectivity index (χ3n) is 2.81. The molecule has 0 aliphatic carbocycles.